The van der Waals surface area contributed by atoms with Gasteiger partial charge in [-0.2, -0.15) is 0 Å². The van der Waals surface area contributed by atoms with Crippen LogP contribution in [0.5, 0.6) is 0 Å². The third-order valence-electron chi connectivity index (χ3n) is 3.92. The smallest absolute Gasteiger partial charge is 0.0449 e. The summed E-state index contributed by atoms with van der Waals surface area (Å²) in [6, 6.07) is 12.2. The summed E-state index contributed by atoms with van der Waals surface area (Å²) in [6.45, 7) is 10.4. The normalized spacial score (nSPS) is 16.9. The molecule has 2 heteroatoms. The van der Waals surface area contributed by atoms with Gasteiger partial charge >= 0.3 is 0 Å². The number of nitrogens with one attached hydrogen (secondary N) is 1. The van der Waals surface area contributed by atoms with Crippen molar-refractivity contribution in [3.8, 4) is 0 Å². The molecule has 1 aliphatic carbocycles. The third kappa shape index (κ3) is 4.92. The van der Waals surface area contributed by atoms with Crippen molar-refractivity contribution in [1.82, 2.24) is 10.2 Å². The minimum atomic E-state index is 0.468. The van der Waals surface area contributed by atoms with Crippen molar-refractivity contribution in [1.29, 1.82) is 0 Å². The third-order valence-corrected chi connectivity index (χ3v) is 3.92. The number of rotatable bonds is 9. The molecule has 1 atom stereocenters. The van der Waals surface area contributed by atoms with Gasteiger partial charge in [0.1, 0.15) is 0 Å². The molecule has 2 nitrogen and oxygen atoms in total. The summed E-state index contributed by atoms with van der Waals surface area (Å²) in [7, 11) is 0. The average Bonchev–Trinajstić information content (AvgIpc) is 3.27. The van der Waals surface area contributed by atoms with Crippen LogP contribution in [0, 0.1) is 5.92 Å². The fraction of sp³-hybridized carbons (Fsp3) is 0.667. The molecule has 0 aliphatic heterocycles. The summed E-state index contributed by atoms with van der Waals surface area (Å²) in [5, 5.41) is 3.73. The lowest BCUT2D eigenvalue weighted by molar-refractivity contribution is 0.209. The quantitative estimate of drug-likeness (QED) is 0.736. The second-order valence-corrected chi connectivity index (χ2v) is 6.50. The van der Waals surface area contributed by atoms with Crippen molar-refractivity contribution in [2.75, 3.05) is 19.6 Å². The molecule has 1 saturated carbocycles. The van der Waals surface area contributed by atoms with Crippen molar-refractivity contribution in [3.63, 3.8) is 0 Å². The van der Waals surface area contributed by atoms with Crippen LogP contribution in [0.25, 0.3) is 0 Å². The number of benzene rings is 1. The Balaban J connectivity index is 2.01. The zero-order valence-electron chi connectivity index (χ0n) is 13.3. The fourth-order valence-corrected chi connectivity index (χ4v) is 2.81. The molecular weight excluding hydrogens is 244 g/mol. The first-order valence-corrected chi connectivity index (χ1v) is 8.23. The molecule has 1 unspecified atom stereocenters. The van der Waals surface area contributed by atoms with E-state index in [0.717, 1.165) is 25.0 Å². The Kier molecular flexibility index (Phi) is 6.06. The van der Waals surface area contributed by atoms with Crippen LogP contribution < -0.4 is 5.32 Å². The largest absolute Gasteiger partial charge is 0.309 e. The van der Waals surface area contributed by atoms with Crippen molar-refractivity contribution in [3.05, 3.63) is 35.9 Å². The van der Waals surface area contributed by atoms with Gasteiger partial charge < -0.3 is 5.32 Å². The van der Waals surface area contributed by atoms with Crippen LogP contribution in [0.1, 0.15) is 51.6 Å². The summed E-state index contributed by atoms with van der Waals surface area (Å²) >= 11 is 0. The fourth-order valence-electron chi connectivity index (χ4n) is 2.81. The maximum atomic E-state index is 3.73. The highest BCUT2D eigenvalue weighted by Crippen LogP contribution is 2.29. The molecule has 1 aromatic carbocycles. The van der Waals surface area contributed by atoms with E-state index >= 15 is 0 Å². The number of hydrogen-bond acceptors (Lipinski definition) is 2. The standard InChI is InChI=1S/C18H30N2/c1-4-12-19-18(16-8-6-5-7-9-16)14-20(13-15(2)3)17-10-11-17/h5-9,15,17-19H,4,10-14H2,1-3H3. The van der Waals surface area contributed by atoms with Crippen LogP contribution in [-0.4, -0.2) is 30.6 Å². The molecule has 0 bridgehead atoms. The second kappa shape index (κ2) is 7.80. The topological polar surface area (TPSA) is 15.3 Å². The molecule has 1 fully saturated rings. The predicted molar refractivity (Wildman–Crippen MR) is 86.9 cm³/mol. The Morgan fingerprint density at radius 3 is 2.40 bits per heavy atom. The van der Waals surface area contributed by atoms with Gasteiger partial charge in [0.05, 0.1) is 0 Å². The molecule has 2 rings (SSSR count). The van der Waals surface area contributed by atoms with Crippen LogP contribution in [0.3, 0.4) is 0 Å². The van der Waals surface area contributed by atoms with Crippen molar-refractivity contribution >= 4 is 0 Å². The molecule has 1 aromatic rings. The summed E-state index contributed by atoms with van der Waals surface area (Å²) in [5.41, 5.74) is 1.43. The SMILES string of the molecule is CCCNC(CN(CC(C)C)C1CC1)c1ccccc1. The zero-order valence-corrected chi connectivity index (χ0v) is 13.3. The van der Waals surface area contributed by atoms with Crippen molar-refractivity contribution < 1.29 is 0 Å². The van der Waals surface area contributed by atoms with E-state index in [1.165, 1.54) is 31.4 Å². The Labute approximate surface area is 124 Å². The molecular formula is C18H30N2. The molecule has 0 aromatic heterocycles. The minimum Gasteiger partial charge on any atom is -0.309 e. The number of hydrogen-bond donors (Lipinski definition) is 1. The molecule has 0 amide bonds. The van der Waals surface area contributed by atoms with Crippen molar-refractivity contribution in [2.24, 2.45) is 5.92 Å². The van der Waals surface area contributed by atoms with E-state index in [-0.39, 0.29) is 0 Å². The van der Waals surface area contributed by atoms with Crippen LogP contribution in [-0.2, 0) is 0 Å². The van der Waals surface area contributed by atoms with Gasteiger partial charge in [0, 0.05) is 25.2 Å². The van der Waals surface area contributed by atoms with Gasteiger partial charge in [0.15, 0.2) is 0 Å². The van der Waals surface area contributed by atoms with Gasteiger partial charge in [-0.05, 0) is 37.3 Å². The molecule has 0 heterocycles. The van der Waals surface area contributed by atoms with Gasteiger partial charge in [-0.1, -0.05) is 51.1 Å². The van der Waals surface area contributed by atoms with Crippen LogP contribution in [0.15, 0.2) is 30.3 Å². The highest BCUT2D eigenvalue weighted by Gasteiger charge is 2.30. The Morgan fingerprint density at radius 2 is 1.85 bits per heavy atom. The van der Waals surface area contributed by atoms with Crippen LogP contribution in [0.4, 0.5) is 0 Å². The highest BCUT2D eigenvalue weighted by molar-refractivity contribution is 5.19. The predicted octanol–water partition coefficient (Wildman–Crippen LogP) is 3.85. The Bertz CT molecular complexity index is 370. The van der Waals surface area contributed by atoms with Gasteiger partial charge in [-0.3, -0.25) is 4.90 Å². The second-order valence-electron chi connectivity index (χ2n) is 6.50. The molecule has 20 heavy (non-hydrogen) atoms. The minimum absolute atomic E-state index is 0.468. The summed E-state index contributed by atoms with van der Waals surface area (Å²) in [5.74, 6) is 0.748. The first-order chi connectivity index (χ1) is 9.70. The lowest BCUT2D eigenvalue weighted by atomic mass is 10.1. The van der Waals surface area contributed by atoms with Gasteiger partial charge in [0.2, 0.25) is 0 Å². The van der Waals surface area contributed by atoms with Gasteiger partial charge in [0.25, 0.3) is 0 Å². The van der Waals surface area contributed by atoms with E-state index in [1.807, 2.05) is 0 Å². The summed E-state index contributed by atoms with van der Waals surface area (Å²) in [4.78, 5) is 2.70. The molecule has 0 saturated heterocycles. The Morgan fingerprint density at radius 1 is 1.15 bits per heavy atom. The van der Waals surface area contributed by atoms with E-state index < -0.39 is 0 Å². The maximum Gasteiger partial charge on any atom is 0.0449 e. The lowest BCUT2D eigenvalue weighted by Gasteiger charge is -2.30. The van der Waals surface area contributed by atoms with Crippen LogP contribution >= 0.6 is 0 Å². The first kappa shape index (κ1) is 15.5. The van der Waals surface area contributed by atoms with E-state index in [0.29, 0.717) is 6.04 Å². The average molecular weight is 274 g/mol. The Hall–Kier alpha value is -0.860. The summed E-state index contributed by atoms with van der Waals surface area (Å²) < 4.78 is 0. The first-order valence-electron chi connectivity index (χ1n) is 8.23. The molecule has 0 radical (unpaired) electrons. The maximum absolute atomic E-state index is 3.73. The molecule has 1 N–H and O–H groups in total. The van der Waals surface area contributed by atoms with Gasteiger partial charge in [-0.15, -0.1) is 0 Å². The zero-order chi connectivity index (χ0) is 14.4. The summed E-state index contributed by atoms with van der Waals surface area (Å²) in [6.07, 6.45) is 3.97. The monoisotopic (exact) mass is 274 g/mol. The van der Waals surface area contributed by atoms with Crippen LogP contribution in [0.2, 0.25) is 0 Å². The van der Waals surface area contributed by atoms with Gasteiger partial charge in [-0.25, -0.2) is 0 Å². The van der Waals surface area contributed by atoms with E-state index in [9.17, 15) is 0 Å². The van der Waals surface area contributed by atoms with E-state index in [2.05, 4.69) is 61.3 Å². The lowest BCUT2D eigenvalue weighted by Crippen LogP contribution is -2.38. The van der Waals surface area contributed by atoms with E-state index in [1.54, 1.807) is 0 Å². The molecule has 0 spiro atoms. The highest BCUT2D eigenvalue weighted by atomic mass is 15.2. The number of nitrogens with zero attached hydrogens (tertiary/aromatic N) is 1. The van der Waals surface area contributed by atoms with Crippen molar-refractivity contribution in [2.45, 2.75) is 52.1 Å². The molecule has 1 aliphatic rings. The molecule has 112 valence electrons. The van der Waals surface area contributed by atoms with E-state index in [4.69, 9.17) is 0 Å².